The van der Waals surface area contributed by atoms with Crippen molar-refractivity contribution in [3.63, 3.8) is 0 Å². The standard InChI is InChI=1S/C27H34N2O4/c1-2-3-14-30-17-18-32-19-20-33-25-9-11-27-23(21-25)6-10-26(28-27)22-4-7-24(8-5-22)29-12-15-31-16-13-29/h4-11,21H,2-3,12-20H2,1H3. The SMILES string of the molecule is CCCCOCCOCCOc1ccc2nc(-c3ccc(N4CCOCC4)cc3)ccc2c1. The molecule has 1 aliphatic heterocycles. The fraction of sp³-hybridized carbons (Fsp3) is 0.444. The molecule has 1 saturated heterocycles. The fourth-order valence-corrected chi connectivity index (χ4v) is 3.81. The lowest BCUT2D eigenvalue weighted by atomic mass is 10.1. The van der Waals surface area contributed by atoms with Gasteiger partial charge in [-0.15, -0.1) is 0 Å². The summed E-state index contributed by atoms with van der Waals surface area (Å²) in [4.78, 5) is 7.21. The number of nitrogens with zero attached hydrogens (tertiary/aromatic N) is 2. The van der Waals surface area contributed by atoms with Gasteiger partial charge in [-0.25, -0.2) is 4.98 Å². The molecule has 2 heterocycles. The summed E-state index contributed by atoms with van der Waals surface area (Å²) in [6.45, 7) is 8.74. The lowest BCUT2D eigenvalue weighted by Gasteiger charge is -2.28. The van der Waals surface area contributed by atoms with Crippen molar-refractivity contribution in [2.24, 2.45) is 0 Å². The van der Waals surface area contributed by atoms with Crippen molar-refractivity contribution in [3.05, 3.63) is 54.6 Å². The number of benzene rings is 2. The first-order valence-corrected chi connectivity index (χ1v) is 12.0. The van der Waals surface area contributed by atoms with E-state index in [1.165, 1.54) is 5.69 Å². The average molecular weight is 451 g/mol. The van der Waals surface area contributed by atoms with Crippen molar-refractivity contribution >= 4 is 16.6 Å². The second-order valence-electron chi connectivity index (χ2n) is 8.12. The molecule has 33 heavy (non-hydrogen) atoms. The molecular formula is C27H34N2O4. The normalized spacial score (nSPS) is 14.0. The molecule has 0 amide bonds. The van der Waals surface area contributed by atoms with Gasteiger partial charge in [-0.1, -0.05) is 31.5 Å². The lowest BCUT2D eigenvalue weighted by Crippen LogP contribution is -2.36. The zero-order chi connectivity index (χ0) is 22.7. The van der Waals surface area contributed by atoms with Gasteiger partial charge in [0.15, 0.2) is 0 Å². The first kappa shape index (κ1) is 23.5. The molecule has 0 N–H and O–H groups in total. The molecule has 6 nitrogen and oxygen atoms in total. The number of anilines is 1. The van der Waals surface area contributed by atoms with E-state index in [1.54, 1.807) is 0 Å². The van der Waals surface area contributed by atoms with Crippen LogP contribution in [0.2, 0.25) is 0 Å². The van der Waals surface area contributed by atoms with Crippen LogP contribution >= 0.6 is 0 Å². The molecule has 0 aliphatic carbocycles. The smallest absolute Gasteiger partial charge is 0.120 e. The lowest BCUT2D eigenvalue weighted by molar-refractivity contribution is 0.0356. The maximum Gasteiger partial charge on any atom is 0.120 e. The Morgan fingerprint density at radius 1 is 0.848 bits per heavy atom. The Morgan fingerprint density at radius 3 is 2.39 bits per heavy atom. The van der Waals surface area contributed by atoms with Crippen LogP contribution in [0.3, 0.4) is 0 Å². The van der Waals surface area contributed by atoms with Crippen molar-refractivity contribution in [2.75, 3.05) is 64.2 Å². The Hall–Kier alpha value is -2.67. The van der Waals surface area contributed by atoms with E-state index in [0.29, 0.717) is 26.4 Å². The molecule has 4 rings (SSSR count). The molecule has 0 atom stereocenters. The molecule has 3 aromatic rings. The highest BCUT2D eigenvalue weighted by Gasteiger charge is 2.11. The summed E-state index contributed by atoms with van der Waals surface area (Å²) < 4.78 is 22.3. The zero-order valence-corrected chi connectivity index (χ0v) is 19.5. The van der Waals surface area contributed by atoms with E-state index in [2.05, 4.69) is 48.2 Å². The van der Waals surface area contributed by atoms with Crippen LogP contribution in [0.5, 0.6) is 5.75 Å². The summed E-state index contributed by atoms with van der Waals surface area (Å²) in [7, 11) is 0. The van der Waals surface area contributed by atoms with Crippen LogP contribution in [-0.2, 0) is 14.2 Å². The molecular weight excluding hydrogens is 416 g/mol. The molecule has 0 spiro atoms. The Labute approximate surface area is 196 Å². The van der Waals surface area contributed by atoms with Gasteiger partial charge in [0.1, 0.15) is 12.4 Å². The maximum absolute atomic E-state index is 5.84. The Morgan fingerprint density at radius 2 is 1.61 bits per heavy atom. The number of rotatable bonds is 12. The second-order valence-corrected chi connectivity index (χ2v) is 8.12. The Bertz CT molecular complexity index is 987. The minimum absolute atomic E-state index is 0.515. The summed E-state index contributed by atoms with van der Waals surface area (Å²) in [6.07, 6.45) is 2.25. The first-order chi connectivity index (χ1) is 16.3. The molecule has 176 valence electrons. The summed E-state index contributed by atoms with van der Waals surface area (Å²) in [6, 6.07) is 18.8. The molecule has 0 radical (unpaired) electrons. The van der Waals surface area contributed by atoms with Gasteiger partial charge in [0.25, 0.3) is 0 Å². The number of hydrogen-bond acceptors (Lipinski definition) is 6. The van der Waals surface area contributed by atoms with E-state index in [-0.39, 0.29) is 0 Å². The fourth-order valence-electron chi connectivity index (χ4n) is 3.81. The molecule has 1 aromatic heterocycles. The van der Waals surface area contributed by atoms with Crippen LogP contribution in [0.1, 0.15) is 19.8 Å². The number of morpholine rings is 1. The molecule has 0 saturated carbocycles. The third-order valence-corrected chi connectivity index (χ3v) is 5.71. The highest BCUT2D eigenvalue weighted by Crippen LogP contribution is 2.26. The summed E-state index contributed by atoms with van der Waals surface area (Å²) in [5.41, 5.74) is 4.28. The van der Waals surface area contributed by atoms with Crippen molar-refractivity contribution < 1.29 is 18.9 Å². The monoisotopic (exact) mass is 450 g/mol. The van der Waals surface area contributed by atoms with E-state index in [1.807, 2.05) is 18.2 Å². The van der Waals surface area contributed by atoms with Gasteiger partial charge in [0.2, 0.25) is 0 Å². The first-order valence-electron chi connectivity index (χ1n) is 12.0. The van der Waals surface area contributed by atoms with Crippen LogP contribution in [0, 0.1) is 0 Å². The third-order valence-electron chi connectivity index (χ3n) is 5.71. The summed E-state index contributed by atoms with van der Waals surface area (Å²) in [5, 5.41) is 1.06. The Balaban J connectivity index is 1.28. The van der Waals surface area contributed by atoms with Gasteiger partial charge < -0.3 is 23.8 Å². The van der Waals surface area contributed by atoms with E-state index in [0.717, 1.165) is 73.7 Å². The summed E-state index contributed by atoms with van der Waals surface area (Å²) >= 11 is 0. The number of ether oxygens (including phenoxy) is 4. The number of pyridine rings is 1. The molecule has 1 fully saturated rings. The molecule has 6 heteroatoms. The molecule has 1 aliphatic rings. The largest absolute Gasteiger partial charge is 0.491 e. The number of hydrogen-bond donors (Lipinski definition) is 0. The van der Waals surface area contributed by atoms with Gasteiger partial charge in [0.05, 0.1) is 44.2 Å². The minimum atomic E-state index is 0.515. The van der Waals surface area contributed by atoms with Crippen LogP contribution in [0.15, 0.2) is 54.6 Å². The number of unbranched alkanes of at least 4 members (excludes halogenated alkanes) is 1. The zero-order valence-electron chi connectivity index (χ0n) is 19.5. The maximum atomic E-state index is 5.84. The van der Waals surface area contributed by atoms with Gasteiger partial charge >= 0.3 is 0 Å². The summed E-state index contributed by atoms with van der Waals surface area (Å²) in [5.74, 6) is 0.828. The molecule has 0 bridgehead atoms. The number of fused-ring (bicyclic) bond motifs is 1. The topological polar surface area (TPSA) is 53.0 Å². The predicted octanol–water partition coefficient (Wildman–Crippen LogP) is 4.95. The van der Waals surface area contributed by atoms with E-state index >= 15 is 0 Å². The predicted molar refractivity (Wildman–Crippen MR) is 132 cm³/mol. The van der Waals surface area contributed by atoms with E-state index in [4.69, 9.17) is 23.9 Å². The van der Waals surface area contributed by atoms with E-state index < -0.39 is 0 Å². The quantitative estimate of drug-likeness (QED) is 0.364. The Kier molecular flexibility index (Phi) is 8.92. The average Bonchev–Trinajstić information content (AvgIpc) is 2.88. The van der Waals surface area contributed by atoms with Crippen molar-refractivity contribution in [2.45, 2.75) is 19.8 Å². The van der Waals surface area contributed by atoms with E-state index in [9.17, 15) is 0 Å². The third kappa shape index (κ3) is 6.90. The molecule has 2 aromatic carbocycles. The van der Waals surface area contributed by atoms with Gasteiger partial charge in [-0.2, -0.15) is 0 Å². The highest BCUT2D eigenvalue weighted by atomic mass is 16.5. The van der Waals surface area contributed by atoms with Crippen molar-refractivity contribution in [1.82, 2.24) is 4.98 Å². The molecule has 0 unspecified atom stereocenters. The van der Waals surface area contributed by atoms with Gasteiger partial charge in [-0.05, 0) is 42.8 Å². The van der Waals surface area contributed by atoms with Crippen molar-refractivity contribution in [3.8, 4) is 17.0 Å². The van der Waals surface area contributed by atoms with Gasteiger partial charge in [-0.3, -0.25) is 0 Å². The van der Waals surface area contributed by atoms with Crippen LogP contribution < -0.4 is 9.64 Å². The van der Waals surface area contributed by atoms with Crippen molar-refractivity contribution in [1.29, 1.82) is 0 Å². The van der Waals surface area contributed by atoms with Crippen LogP contribution in [0.25, 0.3) is 22.2 Å². The van der Waals surface area contributed by atoms with Crippen LogP contribution in [0.4, 0.5) is 5.69 Å². The number of aromatic nitrogens is 1. The highest BCUT2D eigenvalue weighted by molar-refractivity contribution is 5.83. The second kappa shape index (κ2) is 12.5. The van der Waals surface area contributed by atoms with Crippen LogP contribution in [-0.4, -0.2) is 64.3 Å². The minimum Gasteiger partial charge on any atom is -0.491 e. The van der Waals surface area contributed by atoms with Gasteiger partial charge in [0, 0.05) is 36.3 Å².